The Bertz CT molecular complexity index is 172. The Kier molecular flexibility index (Phi) is 6.96. The predicted molar refractivity (Wildman–Crippen MR) is 65.2 cm³/mol. The Labute approximate surface area is 98.4 Å². The Morgan fingerprint density at radius 2 is 1.94 bits per heavy atom. The van der Waals surface area contributed by atoms with E-state index in [4.69, 9.17) is 10.8 Å². The summed E-state index contributed by atoms with van der Waals surface area (Å²) in [5, 5.41) is 18.4. The normalized spacial score (nSPS) is 20.2. The molecule has 0 aromatic rings. The number of aliphatic hydroxyl groups excluding tert-OH is 2. The predicted octanol–water partition coefficient (Wildman–Crippen LogP) is 0.323. The van der Waals surface area contributed by atoms with Crippen molar-refractivity contribution in [1.82, 2.24) is 4.90 Å². The fraction of sp³-hybridized carbons (Fsp3) is 1.00. The summed E-state index contributed by atoms with van der Waals surface area (Å²) in [6, 6.07) is 0.585. The Hall–Kier alpha value is -0.160. The highest BCUT2D eigenvalue weighted by Gasteiger charge is 2.22. The van der Waals surface area contributed by atoms with Crippen molar-refractivity contribution < 1.29 is 10.2 Å². The quantitative estimate of drug-likeness (QED) is 0.589. The lowest BCUT2D eigenvalue weighted by Gasteiger charge is -2.35. The van der Waals surface area contributed by atoms with Crippen molar-refractivity contribution >= 4 is 0 Å². The van der Waals surface area contributed by atoms with Crippen LogP contribution < -0.4 is 5.73 Å². The summed E-state index contributed by atoms with van der Waals surface area (Å²) in [5.41, 5.74) is 5.53. The summed E-state index contributed by atoms with van der Waals surface area (Å²) < 4.78 is 0. The summed E-state index contributed by atoms with van der Waals surface area (Å²) in [6.45, 7) is 2.07. The van der Waals surface area contributed by atoms with Crippen LogP contribution in [0.5, 0.6) is 0 Å². The average Bonchev–Trinajstić information content (AvgIpc) is 2.35. The molecule has 1 atom stereocenters. The maximum atomic E-state index is 9.54. The maximum absolute atomic E-state index is 9.54. The van der Waals surface area contributed by atoms with E-state index in [9.17, 15) is 5.11 Å². The van der Waals surface area contributed by atoms with Crippen LogP contribution in [0.4, 0.5) is 0 Å². The summed E-state index contributed by atoms with van der Waals surface area (Å²) in [5.74, 6) is 0. The maximum Gasteiger partial charge on any atom is 0.0897 e. The molecule has 1 unspecified atom stereocenters. The summed E-state index contributed by atoms with van der Waals surface area (Å²) in [4.78, 5) is 2.31. The number of hydrogen-bond acceptors (Lipinski definition) is 4. The Morgan fingerprint density at radius 1 is 1.25 bits per heavy atom. The molecule has 0 aromatic carbocycles. The molecule has 4 N–H and O–H groups in total. The fourth-order valence-corrected chi connectivity index (χ4v) is 2.49. The van der Waals surface area contributed by atoms with E-state index in [1.54, 1.807) is 0 Å². The van der Waals surface area contributed by atoms with E-state index in [2.05, 4.69) is 4.90 Å². The van der Waals surface area contributed by atoms with Gasteiger partial charge in [0, 0.05) is 12.6 Å². The first-order valence-corrected chi connectivity index (χ1v) is 6.51. The smallest absolute Gasteiger partial charge is 0.0897 e. The second-order valence-electron chi connectivity index (χ2n) is 4.77. The highest BCUT2D eigenvalue weighted by Crippen LogP contribution is 2.22. The van der Waals surface area contributed by atoms with E-state index >= 15 is 0 Å². The number of hydrogen-bond donors (Lipinski definition) is 3. The number of aliphatic hydroxyl groups is 2. The first kappa shape index (κ1) is 13.9. The van der Waals surface area contributed by atoms with Gasteiger partial charge in [0.25, 0.3) is 0 Å². The van der Waals surface area contributed by atoms with Gasteiger partial charge in [-0.2, -0.15) is 0 Å². The van der Waals surface area contributed by atoms with Gasteiger partial charge in [-0.15, -0.1) is 0 Å². The zero-order chi connectivity index (χ0) is 11.8. The van der Waals surface area contributed by atoms with E-state index in [0.29, 0.717) is 19.1 Å². The largest absolute Gasteiger partial charge is 0.394 e. The molecule has 1 fully saturated rings. The molecule has 0 heterocycles. The molecule has 0 radical (unpaired) electrons. The molecule has 0 bridgehead atoms. The highest BCUT2D eigenvalue weighted by atomic mass is 16.3. The molecule has 1 rings (SSSR count). The Morgan fingerprint density at radius 3 is 2.50 bits per heavy atom. The first-order chi connectivity index (χ1) is 7.77. The van der Waals surface area contributed by atoms with Gasteiger partial charge in [-0.25, -0.2) is 0 Å². The van der Waals surface area contributed by atoms with Crippen molar-refractivity contribution in [3.05, 3.63) is 0 Å². The minimum Gasteiger partial charge on any atom is -0.394 e. The van der Waals surface area contributed by atoms with Crippen molar-refractivity contribution in [3.8, 4) is 0 Å². The van der Waals surface area contributed by atoms with Crippen LogP contribution in [-0.2, 0) is 0 Å². The van der Waals surface area contributed by atoms with Crippen LogP contribution in [0.1, 0.15) is 38.5 Å². The van der Waals surface area contributed by atoms with Crippen LogP contribution in [0.25, 0.3) is 0 Å². The third-order valence-corrected chi connectivity index (χ3v) is 3.40. The molecular formula is C12H26N2O2. The minimum atomic E-state index is -0.611. The number of nitrogens with two attached hydrogens (primary N) is 1. The van der Waals surface area contributed by atoms with Crippen molar-refractivity contribution in [3.63, 3.8) is 0 Å². The first-order valence-electron chi connectivity index (χ1n) is 6.51. The van der Waals surface area contributed by atoms with Gasteiger partial charge in [-0.05, 0) is 32.4 Å². The van der Waals surface area contributed by atoms with E-state index < -0.39 is 6.10 Å². The van der Waals surface area contributed by atoms with E-state index in [0.717, 1.165) is 13.0 Å². The van der Waals surface area contributed by atoms with Gasteiger partial charge < -0.3 is 15.9 Å². The van der Waals surface area contributed by atoms with Crippen molar-refractivity contribution in [1.29, 1.82) is 0 Å². The van der Waals surface area contributed by atoms with E-state index in [1.165, 1.54) is 32.1 Å². The molecular weight excluding hydrogens is 204 g/mol. The van der Waals surface area contributed by atoms with Gasteiger partial charge in [0.05, 0.1) is 12.7 Å². The van der Waals surface area contributed by atoms with Gasteiger partial charge >= 0.3 is 0 Å². The third kappa shape index (κ3) is 4.78. The molecule has 0 saturated heterocycles. The fourth-order valence-electron chi connectivity index (χ4n) is 2.49. The molecule has 1 aliphatic carbocycles. The van der Waals surface area contributed by atoms with Crippen molar-refractivity contribution in [2.75, 3.05) is 26.2 Å². The topological polar surface area (TPSA) is 69.7 Å². The van der Waals surface area contributed by atoms with Crippen LogP contribution in [0.3, 0.4) is 0 Å². The van der Waals surface area contributed by atoms with Crippen LogP contribution in [0.15, 0.2) is 0 Å². The van der Waals surface area contributed by atoms with Gasteiger partial charge in [0.2, 0.25) is 0 Å². The van der Waals surface area contributed by atoms with Gasteiger partial charge in [0.1, 0.15) is 0 Å². The van der Waals surface area contributed by atoms with Gasteiger partial charge in [-0.3, -0.25) is 4.90 Å². The molecule has 4 nitrogen and oxygen atoms in total. The minimum absolute atomic E-state index is 0.147. The summed E-state index contributed by atoms with van der Waals surface area (Å²) >= 11 is 0. The van der Waals surface area contributed by atoms with Crippen molar-refractivity contribution in [2.45, 2.75) is 50.7 Å². The second-order valence-corrected chi connectivity index (χ2v) is 4.77. The lowest BCUT2D eigenvalue weighted by atomic mass is 9.94. The summed E-state index contributed by atoms with van der Waals surface area (Å²) in [7, 11) is 0. The molecule has 1 aliphatic rings. The van der Waals surface area contributed by atoms with Crippen LogP contribution in [0, 0.1) is 0 Å². The molecule has 0 aromatic heterocycles. The lowest BCUT2D eigenvalue weighted by Crippen LogP contribution is -2.43. The average molecular weight is 230 g/mol. The SMILES string of the molecule is NCCCN(CC(O)CO)C1CCCCC1. The Balaban J connectivity index is 2.40. The molecule has 96 valence electrons. The zero-order valence-electron chi connectivity index (χ0n) is 10.1. The van der Waals surface area contributed by atoms with Gasteiger partial charge in [0.15, 0.2) is 0 Å². The standard InChI is InChI=1S/C12H26N2O2/c13-7-4-8-14(9-12(16)10-15)11-5-2-1-3-6-11/h11-12,15-16H,1-10,13H2. The van der Waals surface area contributed by atoms with E-state index in [-0.39, 0.29) is 6.61 Å². The van der Waals surface area contributed by atoms with Gasteiger partial charge in [-0.1, -0.05) is 19.3 Å². The lowest BCUT2D eigenvalue weighted by molar-refractivity contribution is 0.0367. The monoisotopic (exact) mass is 230 g/mol. The third-order valence-electron chi connectivity index (χ3n) is 3.40. The van der Waals surface area contributed by atoms with E-state index in [1.807, 2.05) is 0 Å². The highest BCUT2D eigenvalue weighted by molar-refractivity contribution is 4.77. The van der Waals surface area contributed by atoms with Crippen molar-refractivity contribution in [2.24, 2.45) is 5.73 Å². The van der Waals surface area contributed by atoms with Crippen LogP contribution in [-0.4, -0.2) is 53.5 Å². The molecule has 4 heteroatoms. The number of nitrogens with zero attached hydrogens (tertiary/aromatic N) is 1. The molecule has 16 heavy (non-hydrogen) atoms. The molecule has 0 spiro atoms. The molecule has 1 saturated carbocycles. The molecule has 0 amide bonds. The van der Waals surface area contributed by atoms with Crippen LogP contribution >= 0.6 is 0 Å². The molecule has 0 aliphatic heterocycles. The number of rotatable bonds is 7. The zero-order valence-corrected chi connectivity index (χ0v) is 10.1. The summed E-state index contributed by atoms with van der Waals surface area (Å²) in [6.07, 6.45) is 6.72. The van der Waals surface area contributed by atoms with Crippen LogP contribution in [0.2, 0.25) is 0 Å². The second kappa shape index (κ2) is 8.01.